The summed E-state index contributed by atoms with van der Waals surface area (Å²) in [6, 6.07) is 2.61. The SMILES string of the molecule is CCC[C@H](NC(=O)[C@@H]1C[C@]2(C=C(c3ccc(F)c(C)c3)NO2)CN1C(=O)O[C@H]1CCOC1)C(=O)C(=O)NC1CC1. The molecular weight excluding hydrogens is 523 g/mol. The molecule has 3 aliphatic heterocycles. The molecule has 0 radical (unpaired) electrons. The van der Waals surface area contributed by atoms with E-state index in [1.54, 1.807) is 25.1 Å². The Hall–Kier alpha value is -3.51. The predicted molar refractivity (Wildman–Crippen MR) is 140 cm³/mol. The number of carbonyl (C=O) groups is 4. The average Bonchev–Trinajstić information content (AvgIpc) is 3.30. The molecule has 216 valence electrons. The maximum absolute atomic E-state index is 13.8. The molecule has 0 bridgehead atoms. The van der Waals surface area contributed by atoms with Crippen LogP contribution in [0.2, 0.25) is 0 Å². The van der Waals surface area contributed by atoms with Crippen molar-refractivity contribution in [2.75, 3.05) is 19.8 Å². The van der Waals surface area contributed by atoms with E-state index in [2.05, 4.69) is 16.1 Å². The van der Waals surface area contributed by atoms with Crippen LogP contribution in [0.4, 0.5) is 9.18 Å². The van der Waals surface area contributed by atoms with Crippen molar-refractivity contribution >= 4 is 29.4 Å². The van der Waals surface area contributed by atoms with Gasteiger partial charge in [-0.15, -0.1) is 0 Å². The van der Waals surface area contributed by atoms with Gasteiger partial charge in [-0.1, -0.05) is 13.3 Å². The lowest BCUT2D eigenvalue weighted by Crippen LogP contribution is -2.53. The number of hydrogen-bond acceptors (Lipinski definition) is 8. The van der Waals surface area contributed by atoms with Gasteiger partial charge in [0.25, 0.3) is 5.91 Å². The molecule has 3 fully saturated rings. The molecule has 2 saturated heterocycles. The summed E-state index contributed by atoms with van der Waals surface area (Å²) in [7, 11) is 0. The summed E-state index contributed by atoms with van der Waals surface area (Å²) in [4.78, 5) is 59.4. The molecule has 4 aliphatic rings. The molecule has 1 saturated carbocycles. The molecular formula is C28H35FN4O7. The fourth-order valence-corrected chi connectivity index (χ4v) is 5.22. The predicted octanol–water partition coefficient (Wildman–Crippen LogP) is 1.88. The molecule has 3 N–H and O–H groups in total. The fraction of sp³-hybridized carbons (Fsp3) is 0.571. The average molecular weight is 559 g/mol. The molecule has 11 nitrogen and oxygen atoms in total. The number of aryl methyl sites for hydroxylation is 1. The monoisotopic (exact) mass is 558 g/mol. The van der Waals surface area contributed by atoms with E-state index in [0.717, 1.165) is 12.8 Å². The molecule has 0 aromatic heterocycles. The Morgan fingerprint density at radius 3 is 2.73 bits per heavy atom. The molecule has 3 amide bonds. The van der Waals surface area contributed by atoms with E-state index in [-0.39, 0.29) is 37.9 Å². The molecule has 0 unspecified atom stereocenters. The Bertz CT molecular complexity index is 1210. The first-order valence-electron chi connectivity index (χ1n) is 13.8. The Labute approximate surface area is 231 Å². The number of nitrogens with one attached hydrogen (secondary N) is 3. The molecule has 5 rings (SSSR count). The van der Waals surface area contributed by atoms with Crippen LogP contribution in [0.25, 0.3) is 5.70 Å². The second-order valence-electron chi connectivity index (χ2n) is 11.0. The van der Waals surface area contributed by atoms with Gasteiger partial charge in [-0.2, -0.15) is 0 Å². The standard InChI is InChI=1S/C28H35FN4O7/c1-3-4-21(24(34)26(36)30-18-6-7-18)31-25(35)23-13-28(15-33(23)27(37)39-19-9-10-38-14-19)12-22(32-40-28)17-5-8-20(29)16(2)11-17/h5,8,11-12,18-19,21,23,32H,3-4,6-7,9-10,13-15H2,1-2H3,(H,30,36)(H,31,35)/t19-,21-,23-,28+/m0/s1. The van der Waals surface area contributed by atoms with Gasteiger partial charge in [0, 0.05) is 24.4 Å². The fourth-order valence-electron chi connectivity index (χ4n) is 5.22. The maximum atomic E-state index is 13.8. The number of hydrogen-bond donors (Lipinski definition) is 3. The van der Waals surface area contributed by atoms with Crippen LogP contribution in [0.15, 0.2) is 24.3 Å². The van der Waals surface area contributed by atoms with Crippen LogP contribution in [0.3, 0.4) is 0 Å². The zero-order chi connectivity index (χ0) is 28.4. The number of ketones is 1. The first kappa shape index (κ1) is 28.0. The van der Waals surface area contributed by atoms with E-state index in [9.17, 15) is 23.6 Å². The van der Waals surface area contributed by atoms with Crippen LogP contribution in [0.1, 0.15) is 56.6 Å². The Balaban J connectivity index is 1.36. The highest BCUT2D eigenvalue weighted by atomic mass is 19.1. The molecule has 1 spiro atoms. The Morgan fingerprint density at radius 2 is 2.05 bits per heavy atom. The van der Waals surface area contributed by atoms with E-state index < -0.39 is 47.5 Å². The molecule has 1 aliphatic carbocycles. The lowest BCUT2D eigenvalue weighted by atomic mass is 9.97. The van der Waals surface area contributed by atoms with Crippen LogP contribution in [0.5, 0.6) is 0 Å². The second-order valence-corrected chi connectivity index (χ2v) is 11.0. The lowest BCUT2D eigenvalue weighted by Gasteiger charge is -2.26. The lowest BCUT2D eigenvalue weighted by molar-refractivity contribution is -0.140. The zero-order valence-corrected chi connectivity index (χ0v) is 22.7. The molecule has 1 aromatic rings. The van der Waals surface area contributed by atoms with Crippen molar-refractivity contribution in [2.24, 2.45) is 0 Å². The summed E-state index contributed by atoms with van der Waals surface area (Å²) in [5.41, 5.74) is 3.53. The summed E-state index contributed by atoms with van der Waals surface area (Å²) >= 11 is 0. The van der Waals surface area contributed by atoms with Crippen molar-refractivity contribution in [1.29, 1.82) is 0 Å². The molecule has 40 heavy (non-hydrogen) atoms. The highest BCUT2D eigenvalue weighted by Gasteiger charge is 2.53. The van der Waals surface area contributed by atoms with Gasteiger partial charge < -0.3 is 20.1 Å². The second kappa shape index (κ2) is 11.5. The maximum Gasteiger partial charge on any atom is 0.410 e. The van der Waals surface area contributed by atoms with Crippen molar-refractivity contribution in [3.05, 3.63) is 41.2 Å². The van der Waals surface area contributed by atoms with Crippen LogP contribution >= 0.6 is 0 Å². The van der Waals surface area contributed by atoms with E-state index in [1.807, 2.05) is 6.92 Å². The third kappa shape index (κ3) is 6.12. The third-order valence-electron chi connectivity index (χ3n) is 7.63. The van der Waals surface area contributed by atoms with Crippen LogP contribution in [-0.4, -0.2) is 78.2 Å². The van der Waals surface area contributed by atoms with Crippen LogP contribution < -0.4 is 16.1 Å². The van der Waals surface area contributed by atoms with Gasteiger partial charge >= 0.3 is 6.09 Å². The molecule has 12 heteroatoms. The first-order valence-corrected chi connectivity index (χ1v) is 13.8. The molecule has 4 atom stereocenters. The number of amides is 3. The number of rotatable bonds is 9. The van der Waals surface area contributed by atoms with E-state index in [1.165, 1.54) is 11.0 Å². The van der Waals surface area contributed by atoms with Gasteiger partial charge in [-0.25, -0.2) is 9.18 Å². The normalized spacial score (nSPS) is 26.3. The number of ether oxygens (including phenoxy) is 2. The minimum absolute atomic E-state index is 0.00271. The number of carbonyl (C=O) groups excluding carboxylic acids is 4. The van der Waals surface area contributed by atoms with Gasteiger partial charge in [0.15, 0.2) is 0 Å². The Kier molecular flexibility index (Phi) is 8.09. The van der Waals surface area contributed by atoms with Gasteiger partial charge in [0.05, 0.1) is 31.5 Å². The van der Waals surface area contributed by atoms with E-state index >= 15 is 0 Å². The summed E-state index contributed by atoms with van der Waals surface area (Å²) in [6.45, 7) is 4.26. The number of Topliss-reactive ketones (excluding diaryl/α,β-unsaturated/α-hetero) is 1. The summed E-state index contributed by atoms with van der Waals surface area (Å²) < 4.78 is 24.8. The van der Waals surface area contributed by atoms with Gasteiger partial charge in [-0.05, 0) is 56.0 Å². The topological polar surface area (TPSA) is 135 Å². The minimum atomic E-state index is -1.07. The highest BCUT2D eigenvalue weighted by Crippen LogP contribution is 2.38. The highest BCUT2D eigenvalue weighted by molar-refractivity contribution is 6.38. The largest absolute Gasteiger partial charge is 0.444 e. The number of hydroxylamine groups is 1. The van der Waals surface area contributed by atoms with Crippen molar-refractivity contribution in [3.8, 4) is 0 Å². The number of likely N-dealkylation sites (tertiary alicyclic amines) is 1. The summed E-state index contributed by atoms with van der Waals surface area (Å²) in [5, 5.41) is 5.39. The minimum Gasteiger partial charge on any atom is -0.444 e. The van der Waals surface area contributed by atoms with Crippen molar-refractivity contribution in [3.63, 3.8) is 0 Å². The van der Waals surface area contributed by atoms with Gasteiger partial charge in [0.1, 0.15) is 23.6 Å². The first-order chi connectivity index (χ1) is 19.2. The van der Waals surface area contributed by atoms with Crippen molar-refractivity contribution < 1.29 is 37.9 Å². The number of halogens is 1. The van der Waals surface area contributed by atoms with Crippen LogP contribution in [0, 0.1) is 12.7 Å². The van der Waals surface area contributed by atoms with Crippen molar-refractivity contribution in [2.45, 2.75) is 82.2 Å². The van der Waals surface area contributed by atoms with Gasteiger partial charge in [-0.3, -0.25) is 29.6 Å². The zero-order valence-electron chi connectivity index (χ0n) is 22.7. The third-order valence-corrected chi connectivity index (χ3v) is 7.63. The number of benzene rings is 1. The summed E-state index contributed by atoms with van der Waals surface area (Å²) in [5.74, 6) is -2.33. The Morgan fingerprint density at radius 1 is 1.25 bits per heavy atom. The number of nitrogens with zero attached hydrogens (tertiary/aromatic N) is 1. The summed E-state index contributed by atoms with van der Waals surface area (Å²) in [6.07, 6.45) is 3.79. The molecule has 3 heterocycles. The van der Waals surface area contributed by atoms with Crippen molar-refractivity contribution in [1.82, 2.24) is 21.0 Å². The van der Waals surface area contributed by atoms with Gasteiger partial charge in [0.2, 0.25) is 11.7 Å². The molecule has 1 aromatic carbocycles. The smallest absolute Gasteiger partial charge is 0.410 e. The quantitative estimate of drug-likeness (QED) is 0.391. The van der Waals surface area contributed by atoms with Crippen LogP contribution in [-0.2, 0) is 28.7 Å². The van der Waals surface area contributed by atoms with E-state index in [4.69, 9.17) is 14.3 Å². The van der Waals surface area contributed by atoms with E-state index in [0.29, 0.717) is 36.3 Å².